The van der Waals surface area contributed by atoms with Crippen molar-refractivity contribution in [3.63, 3.8) is 0 Å². The van der Waals surface area contributed by atoms with Crippen LogP contribution in [-0.4, -0.2) is 4.57 Å². The van der Waals surface area contributed by atoms with Gasteiger partial charge < -0.3 is 8.98 Å². The number of hydrogen-bond acceptors (Lipinski definition) is 1. The van der Waals surface area contributed by atoms with E-state index in [4.69, 9.17) is 4.42 Å². The summed E-state index contributed by atoms with van der Waals surface area (Å²) in [6.07, 6.45) is 6.65. The largest absolute Gasteiger partial charge is 0.456 e. The van der Waals surface area contributed by atoms with E-state index >= 15 is 0 Å². The molecule has 1 aliphatic carbocycles. The van der Waals surface area contributed by atoms with E-state index in [1.165, 1.54) is 70.2 Å². The molecule has 2 heteroatoms. The number of fused-ring (bicyclic) bond motifs is 7. The molecule has 0 aliphatic heterocycles. The van der Waals surface area contributed by atoms with Gasteiger partial charge in [0.05, 0.1) is 10.9 Å². The first kappa shape index (κ1) is 15.3. The van der Waals surface area contributed by atoms with Crippen molar-refractivity contribution in [2.75, 3.05) is 0 Å². The van der Waals surface area contributed by atoms with Crippen molar-refractivity contribution in [1.82, 2.24) is 4.57 Å². The molecule has 6 rings (SSSR count). The van der Waals surface area contributed by atoms with E-state index in [2.05, 4.69) is 66.2 Å². The average molecular weight is 353 g/mol. The van der Waals surface area contributed by atoms with E-state index in [1.54, 1.807) is 0 Å². The molecular formula is C25H23NO. The van der Waals surface area contributed by atoms with Gasteiger partial charge in [0, 0.05) is 28.7 Å². The first-order valence-electron chi connectivity index (χ1n) is 10.1. The molecule has 1 fully saturated rings. The predicted molar refractivity (Wildman–Crippen MR) is 114 cm³/mol. The van der Waals surface area contributed by atoms with E-state index in [-0.39, 0.29) is 0 Å². The van der Waals surface area contributed by atoms with Crippen LogP contribution in [0.4, 0.5) is 0 Å². The molecular weight excluding hydrogens is 330 g/mol. The molecule has 0 N–H and O–H groups in total. The van der Waals surface area contributed by atoms with Crippen LogP contribution in [0.15, 0.2) is 59.0 Å². The molecule has 27 heavy (non-hydrogen) atoms. The fourth-order valence-corrected chi connectivity index (χ4v) is 5.34. The van der Waals surface area contributed by atoms with Crippen molar-refractivity contribution < 1.29 is 4.42 Å². The molecule has 2 aromatic heterocycles. The Morgan fingerprint density at radius 3 is 2.41 bits per heavy atom. The molecule has 0 amide bonds. The van der Waals surface area contributed by atoms with Gasteiger partial charge in [-0.2, -0.15) is 0 Å². The lowest BCUT2D eigenvalue weighted by Crippen LogP contribution is -2.05. The van der Waals surface area contributed by atoms with Crippen molar-refractivity contribution in [1.29, 1.82) is 0 Å². The van der Waals surface area contributed by atoms with Gasteiger partial charge in [-0.3, -0.25) is 0 Å². The zero-order valence-electron chi connectivity index (χ0n) is 15.7. The second-order valence-electron chi connectivity index (χ2n) is 8.07. The summed E-state index contributed by atoms with van der Waals surface area (Å²) in [6, 6.07) is 19.7. The summed E-state index contributed by atoms with van der Waals surface area (Å²) < 4.78 is 8.71. The third kappa shape index (κ3) is 2.07. The Hall–Kier alpha value is -2.74. The zero-order chi connectivity index (χ0) is 18.0. The second-order valence-corrected chi connectivity index (χ2v) is 8.07. The predicted octanol–water partition coefficient (Wildman–Crippen LogP) is 7.28. The van der Waals surface area contributed by atoms with Crippen LogP contribution in [0.1, 0.15) is 43.6 Å². The summed E-state index contributed by atoms with van der Waals surface area (Å²) >= 11 is 0. The number of benzene rings is 3. The molecule has 2 nitrogen and oxygen atoms in total. The molecule has 3 aromatic carbocycles. The Morgan fingerprint density at radius 2 is 1.56 bits per heavy atom. The fraction of sp³-hybridized carbons (Fsp3) is 0.280. The molecule has 0 bridgehead atoms. The summed E-state index contributed by atoms with van der Waals surface area (Å²) in [4.78, 5) is 0. The molecule has 1 saturated carbocycles. The van der Waals surface area contributed by atoms with Crippen molar-refractivity contribution in [2.45, 2.75) is 38.0 Å². The molecule has 134 valence electrons. The molecule has 0 spiro atoms. The summed E-state index contributed by atoms with van der Waals surface area (Å²) in [6.45, 7) is 0. The maximum Gasteiger partial charge on any atom is 0.137 e. The Morgan fingerprint density at radius 1 is 0.815 bits per heavy atom. The topological polar surface area (TPSA) is 18.1 Å². The standard InChI is InChI=1S/C25H23NO/c1-26-20-13-7-5-11-17(20)23-19(16-9-3-2-4-10-16)15-22-24(25(23)26)18-12-6-8-14-21(18)27-22/h5-8,11-16H,2-4,9-10H2,1H3. The van der Waals surface area contributed by atoms with E-state index in [0.717, 1.165) is 11.2 Å². The normalized spacial score (nSPS) is 16.2. The summed E-state index contributed by atoms with van der Waals surface area (Å²) in [7, 11) is 2.20. The van der Waals surface area contributed by atoms with Gasteiger partial charge in [0.15, 0.2) is 0 Å². The van der Waals surface area contributed by atoms with Crippen LogP contribution >= 0.6 is 0 Å². The van der Waals surface area contributed by atoms with Crippen LogP contribution in [0.25, 0.3) is 43.7 Å². The van der Waals surface area contributed by atoms with E-state index in [9.17, 15) is 0 Å². The fourth-order valence-electron chi connectivity index (χ4n) is 5.34. The lowest BCUT2D eigenvalue weighted by molar-refractivity contribution is 0.445. The van der Waals surface area contributed by atoms with E-state index in [1.807, 2.05) is 0 Å². The maximum atomic E-state index is 6.33. The van der Waals surface area contributed by atoms with Gasteiger partial charge in [-0.1, -0.05) is 55.7 Å². The molecule has 0 saturated heterocycles. The highest BCUT2D eigenvalue weighted by atomic mass is 16.3. The first-order valence-corrected chi connectivity index (χ1v) is 10.1. The van der Waals surface area contributed by atoms with Crippen LogP contribution in [0, 0.1) is 0 Å². The monoisotopic (exact) mass is 353 g/mol. The van der Waals surface area contributed by atoms with Gasteiger partial charge >= 0.3 is 0 Å². The summed E-state index contributed by atoms with van der Waals surface area (Å²) in [5, 5.41) is 5.30. The average Bonchev–Trinajstić information content (AvgIpc) is 3.24. The Balaban J connectivity index is 1.86. The maximum absolute atomic E-state index is 6.33. The minimum atomic E-state index is 0.643. The number of para-hydroxylation sites is 2. The quantitative estimate of drug-likeness (QED) is 0.310. The molecule has 2 heterocycles. The van der Waals surface area contributed by atoms with Gasteiger partial charge in [-0.15, -0.1) is 0 Å². The number of aromatic nitrogens is 1. The van der Waals surface area contributed by atoms with Crippen molar-refractivity contribution >= 4 is 43.7 Å². The van der Waals surface area contributed by atoms with Crippen LogP contribution < -0.4 is 0 Å². The molecule has 0 unspecified atom stereocenters. The highest BCUT2D eigenvalue weighted by Crippen LogP contribution is 2.45. The third-order valence-corrected chi connectivity index (χ3v) is 6.59. The summed E-state index contributed by atoms with van der Waals surface area (Å²) in [5.74, 6) is 0.643. The number of nitrogens with zero attached hydrogens (tertiary/aromatic N) is 1. The first-order chi connectivity index (χ1) is 13.3. The van der Waals surface area contributed by atoms with E-state index in [0.29, 0.717) is 5.92 Å². The Bertz CT molecular complexity index is 1310. The Kier molecular flexibility index (Phi) is 3.19. The Labute approximate surface area is 158 Å². The minimum Gasteiger partial charge on any atom is -0.456 e. The van der Waals surface area contributed by atoms with Crippen molar-refractivity contribution in [3.8, 4) is 0 Å². The molecule has 0 radical (unpaired) electrons. The van der Waals surface area contributed by atoms with Crippen LogP contribution in [0.3, 0.4) is 0 Å². The third-order valence-electron chi connectivity index (χ3n) is 6.59. The highest BCUT2D eigenvalue weighted by Gasteiger charge is 2.24. The molecule has 0 atom stereocenters. The van der Waals surface area contributed by atoms with Crippen LogP contribution in [-0.2, 0) is 7.05 Å². The molecule has 5 aromatic rings. The smallest absolute Gasteiger partial charge is 0.137 e. The lowest BCUT2D eigenvalue weighted by atomic mass is 9.82. The van der Waals surface area contributed by atoms with E-state index < -0.39 is 0 Å². The van der Waals surface area contributed by atoms with Crippen molar-refractivity contribution in [3.05, 3.63) is 60.2 Å². The second kappa shape index (κ2) is 5.63. The van der Waals surface area contributed by atoms with Gasteiger partial charge in [-0.25, -0.2) is 0 Å². The van der Waals surface area contributed by atoms with Gasteiger partial charge in [-0.05, 0) is 42.5 Å². The van der Waals surface area contributed by atoms with Gasteiger partial charge in [0.1, 0.15) is 11.2 Å². The number of aryl methyl sites for hydroxylation is 1. The SMILES string of the molecule is Cn1c2ccccc2c2c(C3CCCCC3)cc3oc4ccccc4c3c21. The minimum absolute atomic E-state index is 0.643. The van der Waals surface area contributed by atoms with Gasteiger partial charge in [0.2, 0.25) is 0 Å². The highest BCUT2D eigenvalue weighted by molar-refractivity contribution is 6.25. The zero-order valence-corrected chi connectivity index (χ0v) is 15.7. The number of rotatable bonds is 1. The van der Waals surface area contributed by atoms with Gasteiger partial charge in [0.25, 0.3) is 0 Å². The molecule has 1 aliphatic rings. The van der Waals surface area contributed by atoms with Crippen molar-refractivity contribution in [2.24, 2.45) is 7.05 Å². The lowest BCUT2D eigenvalue weighted by Gasteiger charge is -2.23. The summed E-state index contributed by atoms with van der Waals surface area (Å²) in [5.41, 5.74) is 6.16. The van der Waals surface area contributed by atoms with Crippen LogP contribution in [0.2, 0.25) is 0 Å². The van der Waals surface area contributed by atoms with Crippen LogP contribution in [0.5, 0.6) is 0 Å². The number of hydrogen-bond donors (Lipinski definition) is 0. The number of furan rings is 1.